The van der Waals surface area contributed by atoms with Crippen LogP contribution in [0, 0.1) is 6.92 Å². The molecule has 1 aromatic heterocycles. The van der Waals surface area contributed by atoms with Crippen LogP contribution in [0.4, 0.5) is 11.5 Å². The van der Waals surface area contributed by atoms with E-state index in [1.165, 1.54) is 22.4 Å². The molecule has 0 radical (unpaired) electrons. The second-order valence-corrected chi connectivity index (χ2v) is 5.03. The molecule has 1 aliphatic rings. The van der Waals surface area contributed by atoms with Crippen molar-refractivity contribution in [2.75, 3.05) is 18.5 Å². The minimum absolute atomic E-state index is 0.871. The lowest BCUT2D eigenvalue weighted by Gasteiger charge is -2.19. The topological polar surface area (TPSA) is 28.2 Å². The van der Waals surface area contributed by atoms with Gasteiger partial charge in [-0.2, -0.15) is 0 Å². The van der Waals surface area contributed by atoms with Gasteiger partial charge < -0.3 is 10.2 Å². The maximum absolute atomic E-state index is 4.62. The summed E-state index contributed by atoms with van der Waals surface area (Å²) in [7, 11) is 1.96. The molecule has 0 unspecified atom stereocenters. The first-order chi connectivity index (χ1) is 9.29. The molecule has 0 fully saturated rings. The third-order valence-corrected chi connectivity index (χ3v) is 3.74. The van der Waals surface area contributed by atoms with Crippen molar-refractivity contribution in [2.45, 2.75) is 19.9 Å². The number of benzene rings is 1. The predicted molar refractivity (Wildman–Crippen MR) is 78.9 cm³/mol. The number of anilines is 2. The molecule has 3 heteroatoms. The van der Waals surface area contributed by atoms with Crippen molar-refractivity contribution in [3.63, 3.8) is 0 Å². The molecule has 0 spiro atoms. The van der Waals surface area contributed by atoms with Crippen LogP contribution in [-0.2, 0) is 13.0 Å². The second-order valence-electron chi connectivity index (χ2n) is 5.03. The van der Waals surface area contributed by atoms with Crippen molar-refractivity contribution in [3.05, 3.63) is 53.2 Å². The van der Waals surface area contributed by atoms with Gasteiger partial charge in [-0.05, 0) is 49.2 Å². The first-order valence-corrected chi connectivity index (χ1v) is 6.75. The van der Waals surface area contributed by atoms with Gasteiger partial charge in [-0.1, -0.05) is 18.2 Å². The number of rotatable bonds is 3. The fourth-order valence-corrected chi connectivity index (χ4v) is 2.67. The highest BCUT2D eigenvalue weighted by molar-refractivity contribution is 5.67. The molecular weight excluding hydrogens is 234 g/mol. The molecule has 3 rings (SSSR count). The number of aromatic nitrogens is 1. The maximum Gasteiger partial charge on any atom is 0.133 e. The fourth-order valence-electron chi connectivity index (χ4n) is 2.67. The molecule has 19 heavy (non-hydrogen) atoms. The van der Waals surface area contributed by atoms with Gasteiger partial charge in [0.05, 0.1) is 0 Å². The number of hydrogen-bond donors (Lipinski definition) is 1. The van der Waals surface area contributed by atoms with Crippen LogP contribution in [0.5, 0.6) is 0 Å². The highest BCUT2D eigenvalue weighted by Crippen LogP contribution is 2.33. The smallest absolute Gasteiger partial charge is 0.133 e. The first kappa shape index (κ1) is 12.2. The third-order valence-electron chi connectivity index (χ3n) is 3.74. The van der Waals surface area contributed by atoms with E-state index in [0.29, 0.717) is 0 Å². The van der Waals surface area contributed by atoms with E-state index in [9.17, 15) is 0 Å². The van der Waals surface area contributed by atoms with E-state index in [1.54, 1.807) is 0 Å². The molecule has 0 saturated heterocycles. The Labute approximate surface area is 114 Å². The zero-order chi connectivity index (χ0) is 13.2. The SMILES string of the molecule is CNCc1cnc(N2CCc3ccccc32)cc1C. The average molecular weight is 253 g/mol. The van der Waals surface area contributed by atoms with Crippen molar-refractivity contribution < 1.29 is 0 Å². The molecule has 0 bridgehead atoms. The lowest BCUT2D eigenvalue weighted by molar-refractivity contribution is 0.806. The standard InChI is InChI=1S/C16H19N3/c1-12-9-16(18-11-14(12)10-17-2)19-8-7-13-5-3-4-6-15(13)19/h3-6,9,11,17H,7-8,10H2,1-2H3. The third kappa shape index (κ3) is 2.22. The van der Waals surface area contributed by atoms with Gasteiger partial charge in [0, 0.05) is 25.0 Å². The van der Waals surface area contributed by atoms with Crippen LogP contribution in [0.1, 0.15) is 16.7 Å². The van der Waals surface area contributed by atoms with Gasteiger partial charge >= 0.3 is 0 Å². The van der Waals surface area contributed by atoms with Gasteiger partial charge in [0.25, 0.3) is 0 Å². The first-order valence-electron chi connectivity index (χ1n) is 6.75. The average Bonchev–Trinajstić information content (AvgIpc) is 2.85. The number of pyridine rings is 1. The van der Waals surface area contributed by atoms with E-state index in [1.807, 2.05) is 13.2 Å². The molecule has 3 nitrogen and oxygen atoms in total. The summed E-state index contributed by atoms with van der Waals surface area (Å²) in [6, 6.07) is 10.8. The summed E-state index contributed by atoms with van der Waals surface area (Å²) in [6.07, 6.45) is 3.09. The van der Waals surface area contributed by atoms with Crippen LogP contribution in [0.25, 0.3) is 0 Å². The summed E-state index contributed by atoms with van der Waals surface area (Å²) in [6.45, 7) is 4.05. The van der Waals surface area contributed by atoms with Gasteiger partial charge in [0.15, 0.2) is 0 Å². The lowest BCUT2D eigenvalue weighted by Crippen LogP contribution is -2.16. The van der Waals surface area contributed by atoms with E-state index < -0.39 is 0 Å². The lowest BCUT2D eigenvalue weighted by atomic mass is 10.1. The van der Waals surface area contributed by atoms with Crippen molar-refractivity contribution in [1.82, 2.24) is 10.3 Å². The van der Waals surface area contributed by atoms with Crippen LogP contribution >= 0.6 is 0 Å². The largest absolute Gasteiger partial charge is 0.326 e. The van der Waals surface area contributed by atoms with Crippen LogP contribution in [-0.4, -0.2) is 18.6 Å². The number of fused-ring (bicyclic) bond motifs is 1. The van der Waals surface area contributed by atoms with Gasteiger partial charge in [-0.3, -0.25) is 0 Å². The van der Waals surface area contributed by atoms with Gasteiger partial charge in [0.2, 0.25) is 0 Å². The minimum Gasteiger partial charge on any atom is -0.326 e. The summed E-state index contributed by atoms with van der Waals surface area (Å²) in [5.74, 6) is 1.06. The normalized spacial score (nSPS) is 13.7. The van der Waals surface area contributed by atoms with Crippen LogP contribution in [0.2, 0.25) is 0 Å². The van der Waals surface area contributed by atoms with Gasteiger partial charge in [0.1, 0.15) is 5.82 Å². The van der Waals surface area contributed by atoms with Crippen molar-refractivity contribution in [2.24, 2.45) is 0 Å². The van der Waals surface area contributed by atoms with E-state index in [-0.39, 0.29) is 0 Å². The molecule has 0 aliphatic carbocycles. The summed E-state index contributed by atoms with van der Waals surface area (Å²) >= 11 is 0. The van der Waals surface area contributed by atoms with E-state index in [0.717, 1.165) is 25.3 Å². The fraction of sp³-hybridized carbons (Fsp3) is 0.312. The monoisotopic (exact) mass is 253 g/mol. The molecule has 0 atom stereocenters. The molecule has 2 aromatic rings. The van der Waals surface area contributed by atoms with Gasteiger partial charge in [-0.15, -0.1) is 0 Å². The summed E-state index contributed by atoms with van der Waals surface area (Å²) in [5.41, 5.74) is 5.28. The molecule has 1 N–H and O–H groups in total. The summed E-state index contributed by atoms with van der Waals surface area (Å²) < 4.78 is 0. The van der Waals surface area contributed by atoms with E-state index in [4.69, 9.17) is 0 Å². The number of nitrogens with one attached hydrogen (secondary N) is 1. The van der Waals surface area contributed by atoms with Crippen molar-refractivity contribution in [1.29, 1.82) is 0 Å². The Balaban J connectivity index is 1.94. The zero-order valence-electron chi connectivity index (χ0n) is 11.5. The molecule has 98 valence electrons. The Bertz CT molecular complexity index is 592. The summed E-state index contributed by atoms with van der Waals surface area (Å²) in [4.78, 5) is 6.94. The molecule has 0 saturated carbocycles. The van der Waals surface area contributed by atoms with Crippen molar-refractivity contribution in [3.8, 4) is 0 Å². The predicted octanol–water partition coefficient (Wildman–Crippen LogP) is 2.80. The van der Waals surface area contributed by atoms with Gasteiger partial charge in [-0.25, -0.2) is 4.98 Å². The number of nitrogens with zero attached hydrogens (tertiary/aromatic N) is 2. The maximum atomic E-state index is 4.62. The quantitative estimate of drug-likeness (QED) is 0.911. The highest BCUT2D eigenvalue weighted by atomic mass is 15.2. The Hall–Kier alpha value is -1.87. The molecule has 2 heterocycles. The van der Waals surface area contributed by atoms with E-state index >= 15 is 0 Å². The Morgan fingerprint density at radius 1 is 1.32 bits per heavy atom. The summed E-state index contributed by atoms with van der Waals surface area (Å²) in [5, 5.41) is 3.18. The van der Waals surface area contributed by atoms with Crippen molar-refractivity contribution >= 4 is 11.5 Å². The Morgan fingerprint density at radius 2 is 2.16 bits per heavy atom. The molecule has 0 amide bonds. The zero-order valence-corrected chi connectivity index (χ0v) is 11.5. The second kappa shape index (κ2) is 5.02. The van der Waals surface area contributed by atoms with Crippen LogP contribution in [0.15, 0.2) is 36.5 Å². The molecule has 1 aliphatic heterocycles. The number of hydrogen-bond acceptors (Lipinski definition) is 3. The minimum atomic E-state index is 0.871. The van der Waals surface area contributed by atoms with Crippen LogP contribution < -0.4 is 10.2 Å². The Kier molecular flexibility index (Phi) is 3.22. The number of aryl methyl sites for hydroxylation is 1. The molecular formula is C16H19N3. The van der Waals surface area contributed by atoms with E-state index in [2.05, 4.69) is 52.5 Å². The Morgan fingerprint density at radius 3 is 2.95 bits per heavy atom. The molecule has 1 aromatic carbocycles. The highest BCUT2D eigenvalue weighted by Gasteiger charge is 2.20. The van der Waals surface area contributed by atoms with Crippen LogP contribution in [0.3, 0.4) is 0 Å². The number of para-hydroxylation sites is 1.